The third-order valence-corrected chi connectivity index (χ3v) is 6.52. The molecule has 16 heteroatoms. The Morgan fingerprint density at radius 1 is 0.619 bits per heavy atom. The lowest BCUT2D eigenvalue weighted by Gasteiger charge is -2.26. The molecule has 0 saturated heterocycles. The normalized spacial score (nSPS) is 13.5. The Morgan fingerprint density at radius 2 is 0.976 bits per heavy atom. The molecule has 0 spiro atoms. The number of nitrogens with two attached hydrogens (primary N) is 4. The zero-order valence-electron chi connectivity index (χ0n) is 24.8. The lowest BCUT2D eigenvalue weighted by molar-refractivity contribution is -0.134. The Hall–Kier alpha value is -3.46. The molecule has 0 rings (SSSR count). The maximum Gasteiger partial charge on any atom is 0.243 e. The molecule has 4 atom stereocenters. The monoisotopic (exact) mass is 597 g/mol. The Morgan fingerprint density at radius 3 is 1.33 bits per heavy atom. The summed E-state index contributed by atoms with van der Waals surface area (Å²) < 4.78 is 0. The molecule has 0 aliphatic heterocycles. The number of rotatable bonds is 25. The quantitative estimate of drug-likeness (QED) is 0.0287. The minimum absolute atomic E-state index is 0.249. The fourth-order valence-electron chi connectivity index (χ4n) is 4.21. The molecule has 0 aromatic carbocycles. The van der Waals surface area contributed by atoms with Gasteiger partial charge in [0.2, 0.25) is 29.5 Å². The molecule has 0 unspecified atom stereocenters. The Balaban J connectivity index is 5.71. The summed E-state index contributed by atoms with van der Waals surface area (Å²) in [5.41, 5.74) is 30.6. The van der Waals surface area contributed by atoms with Crippen LogP contribution in [0.3, 0.4) is 0 Å². The molecule has 16 nitrogen and oxygen atoms in total. The van der Waals surface area contributed by atoms with Gasteiger partial charge in [0.15, 0.2) is 0 Å². The molecule has 0 heterocycles. The molecule has 0 radical (unpaired) electrons. The van der Waals surface area contributed by atoms with E-state index in [1.165, 1.54) is 6.92 Å². The number of hydrogen-bond donors (Lipinski definition) is 8. The van der Waals surface area contributed by atoms with E-state index in [1.54, 1.807) is 0 Å². The molecular weight excluding hydrogens is 546 g/mol. The summed E-state index contributed by atoms with van der Waals surface area (Å²) >= 11 is 0. The number of hydrogen-bond acceptors (Lipinski definition) is 9. The Kier molecular flexibility index (Phi) is 22.2. The lowest BCUT2D eigenvalue weighted by Crippen LogP contribution is -2.58. The van der Waals surface area contributed by atoms with Crippen molar-refractivity contribution >= 4 is 29.5 Å². The van der Waals surface area contributed by atoms with E-state index in [2.05, 4.69) is 31.3 Å². The van der Waals surface area contributed by atoms with Crippen molar-refractivity contribution in [2.24, 2.45) is 28.0 Å². The van der Waals surface area contributed by atoms with E-state index in [4.69, 9.17) is 28.5 Å². The molecule has 12 N–H and O–H groups in total. The highest BCUT2D eigenvalue weighted by Crippen LogP contribution is 2.09. The number of carbonyl (C=O) groups is 5. The first-order valence-corrected chi connectivity index (χ1v) is 14.7. The van der Waals surface area contributed by atoms with Crippen molar-refractivity contribution in [1.82, 2.24) is 21.3 Å². The van der Waals surface area contributed by atoms with E-state index in [0.29, 0.717) is 77.4 Å². The number of azide groups is 1. The van der Waals surface area contributed by atoms with Crippen LogP contribution in [0.4, 0.5) is 0 Å². The van der Waals surface area contributed by atoms with E-state index in [1.807, 2.05) is 0 Å². The smallest absolute Gasteiger partial charge is 0.243 e. The highest BCUT2D eigenvalue weighted by Gasteiger charge is 2.30. The molecular formula is C26H51N11O5. The third kappa shape index (κ3) is 18.1. The highest BCUT2D eigenvalue weighted by molar-refractivity contribution is 5.95. The van der Waals surface area contributed by atoms with E-state index in [9.17, 15) is 24.0 Å². The van der Waals surface area contributed by atoms with Gasteiger partial charge in [-0.1, -0.05) is 11.5 Å². The van der Waals surface area contributed by atoms with Gasteiger partial charge in [0.25, 0.3) is 0 Å². The molecule has 42 heavy (non-hydrogen) atoms. The van der Waals surface area contributed by atoms with Gasteiger partial charge in [-0.2, -0.15) is 0 Å². The molecule has 0 aliphatic carbocycles. The van der Waals surface area contributed by atoms with Crippen molar-refractivity contribution in [1.29, 1.82) is 0 Å². The number of nitrogens with zero attached hydrogens (tertiary/aromatic N) is 3. The minimum atomic E-state index is -1.01. The molecule has 0 aromatic rings. The van der Waals surface area contributed by atoms with Gasteiger partial charge in [-0.3, -0.25) is 24.0 Å². The van der Waals surface area contributed by atoms with Gasteiger partial charge in [-0.05, 0) is 95.8 Å². The van der Waals surface area contributed by atoms with Gasteiger partial charge in [-0.25, -0.2) is 0 Å². The summed E-state index contributed by atoms with van der Waals surface area (Å²) in [5, 5.41) is 14.1. The number of primary amides is 1. The van der Waals surface area contributed by atoms with E-state index >= 15 is 0 Å². The molecule has 0 saturated carbocycles. The van der Waals surface area contributed by atoms with Gasteiger partial charge in [-0.15, -0.1) is 0 Å². The minimum Gasteiger partial charge on any atom is -0.368 e. The first-order chi connectivity index (χ1) is 20.1. The van der Waals surface area contributed by atoms with Crippen molar-refractivity contribution < 1.29 is 24.0 Å². The topological polar surface area (TPSA) is 286 Å². The maximum atomic E-state index is 13.4. The van der Waals surface area contributed by atoms with Crippen molar-refractivity contribution in [3.05, 3.63) is 10.4 Å². The molecule has 0 aromatic heterocycles. The SMILES string of the molecule is CC(=O)N[C@@H](CCCCN=[N+]=[N-])C(=O)N[C@@H](CCCCN)C(=O)N[C@@H](CCCCN)C(=O)N[C@@H](CCCCN)C(N)=O. The molecule has 0 bridgehead atoms. The summed E-state index contributed by atoms with van der Waals surface area (Å²) in [7, 11) is 0. The average molecular weight is 598 g/mol. The van der Waals surface area contributed by atoms with E-state index < -0.39 is 53.7 Å². The average Bonchev–Trinajstić information content (AvgIpc) is 2.94. The Labute approximate surface area is 247 Å². The summed E-state index contributed by atoms with van der Waals surface area (Å²) in [5.74, 6) is -2.82. The predicted octanol–water partition coefficient (Wildman–Crippen LogP) is -0.702. The van der Waals surface area contributed by atoms with Crippen molar-refractivity contribution in [3.63, 3.8) is 0 Å². The second-order valence-corrected chi connectivity index (χ2v) is 10.1. The van der Waals surface area contributed by atoms with E-state index in [0.717, 1.165) is 0 Å². The van der Waals surface area contributed by atoms with Crippen LogP contribution in [0.2, 0.25) is 0 Å². The van der Waals surface area contributed by atoms with Crippen LogP contribution in [0.1, 0.15) is 84.0 Å². The number of nitrogens with one attached hydrogen (secondary N) is 4. The molecule has 0 aliphatic rings. The number of unbranched alkanes of at least 4 members (excludes halogenated alkanes) is 4. The summed E-state index contributed by atoms with van der Waals surface area (Å²) in [6.45, 7) is 2.77. The van der Waals surface area contributed by atoms with Crippen LogP contribution in [-0.2, 0) is 24.0 Å². The van der Waals surface area contributed by atoms with Gasteiger partial charge < -0.3 is 44.2 Å². The van der Waals surface area contributed by atoms with Crippen LogP contribution in [0.5, 0.6) is 0 Å². The van der Waals surface area contributed by atoms with Crippen LogP contribution in [-0.4, -0.2) is 79.9 Å². The first kappa shape index (κ1) is 38.5. The maximum absolute atomic E-state index is 13.4. The predicted molar refractivity (Wildman–Crippen MR) is 159 cm³/mol. The number of amides is 5. The van der Waals surface area contributed by atoms with E-state index in [-0.39, 0.29) is 25.8 Å². The van der Waals surface area contributed by atoms with Crippen molar-refractivity contribution in [2.75, 3.05) is 26.2 Å². The zero-order valence-corrected chi connectivity index (χ0v) is 24.8. The molecule has 0 fully saturated rings. The Bertz CT molecular complexity index is 883. The van der Waals surface area contributed by atoms with Gasteiger partial charge in [0.1, 0.15) is 24.2 Å². The number of carbonyl (C=O) groups excluding carboxylic acids is 5. The van der Waals surface area contributed by atoms with Crippen LogP contribution >= 0.6 is 0 Å². The summed E-state index contributed by atoms with van der Waals surface area (Å²) in [4.78, 5) is 66.1. The fraction of sp³-hybridized carbons (Fsp3) is 0.808. The second kappa shape index (κ2) is 24.2. The first-order valence-electron chi connectivity index (χ1n) is 14.7. The van der Waals surface area contributed by atoms with Gasteiger partial charge >= 0.3 is 0 Å². The largest absolute Gasteiger partial charge is 0.368 e. The highest BCUT2D eigenvalue weighted by atomic mass is 16.2. The zero-order chi connectivity index (χ0) is 31.8. The van der Waals surface area contributed by atoms with Crippen LogP contribution in [0.15, 0.2) is 5.11 Å². The summed E-state index contributed by atoms with van der Waals surface area (Å²) in [6.07, 6.45) is 5.64. The second-order valence-electron chi connectivity index (χ2n) is 10.1. The van der Waals surface area contributed by atoms with Crippen molar-refractivity contribution in [3.8, 4) is 0 Å². The van der Waals surface area contributed by atoms with Gasteiger partial charge in [0, 0.05) is 18.4 Å². The van der Waals surface area contributed by atoms with Crippen LogP contribution in [0, 0.1) is 0 Å². The fourth-order valence-corrected chi connectivity index (χ4v) is 4.21. The summed E-state index contributed by atoms with van der Waals surface area (Å²) in [6, 6.07) is -3.84. The third-order valence-electron chi connectivity index (χ3n) is 6.52. The molecule has 240 valence electrons. The van der Waals surface area contributed by atoms with Gasteiger partial charge in [0.05, 0.1) is 0 Å². The van der Waals surface area contributed by atoms with Crippen LogP contribution < -0.4 is 44.2 Å². The molecule has 5 amide bonds. The van der Waals surface area contributed by atoms with Crippen molar-refractivity contribution in [2.45, 2.75) is 108 Å². The van der Waals surface area contributed by atoms with Crippen LogP contribution in [0.25, 0.3) is 10.4 Å². The lowest BCUT2D eigenvalue weighted by atomic mass is 10.0. The standard InChI is InChI=1S/C26H51N11O5/c1-18(38)33-20(13-5-9-17-32-37-31)24(40)35-22(12-4-8-16-29)26(42)36-21(11-3-7-15-28)25(41)34-19(23(30)39)10-2-6-14-27/h19-22H,2-17,27-29H2,1H3,(H2,30,39)(H,33,38)(H,34,41)(H,35,40)(H,36,42)/t19-,20-,21-,22-/m0/s1.